The number of furan rings is 1. The molecule has 2 saturated carbocycles. The minimum absolute atomic E-state index is 0.114. The number of rotatable bonds is 9. The molecule has 4 unspecified atom stereocenters. The standard InChI is InChI=1S/C26H33N5O4S2/c1-16-7-10-20(14-23(16)37(33,34)30(3)4)27-24(32)15-36-26-29-28-25(22-6-5-11-35-22)31(26)17(2)21-13-18-8-9-19(21)12-18/h5-7,10-11,14,17-19,21H,8-9,12-13,15H2,1-4H3,(H,27,32). The molecule has 198 valence electrons. The van der Waals surface area contributed by atoms with Gasteiger partial charge in [-0.1, -0.05) is 24.2 Å². The van der Waals surface area contributed by atoms with Gasteiger partial charge in [-0.15, -0.1) is 10.2 Å². The lowest BCUT2D eigenvalue weighted by atomic mass is 9.84. The van der Waals surface area contributed by atoms with E-state index in [0.29, 0.717) is 33.9 Å². The zero-order chi connectivity index (χ0) is 26.3. The van der Waals surface area contributed by atoms with Gasteiger partial charge in [0, 0.05) is 25.8 Å². The largest absolute Gasteiger partial charge is 0.461 e. The van der Waals surface area contributed by atoms with Crippen molar-refractivity contribution in [1.82, 2.24) is 19.1 Å². The van der Waals surface area contributed by atoms with Crippen molar-refractivity contribution in [2.75, 3.05) is 25.2 Å². The summed E-state index contributed by atoms with van der Waals surface area (Å²) in [4.78, 5) is 13.0. The molecule has 2 aliphatic rings. The number of hydrogen-bond donors (Lipinski definition) is 1. The number of aryl methyl sites for hydroxylation is 1. The Kier molecular flexibility index (Phi) is 7.21. The van der Waals surface area contributed by atoms with E-state index >= 15 is 0 Å². The van der Waals surface area contributed by atoms with E-state index in [4.69, 9.17) is 4.42 Å². The number of benzene rings is 1. The molecule has 0 spiro atoms. The molecule has 5 rings (SSSR count). The molecule has 2 heterocycles. The van der Waals surface area contributed by atoms with E-state index in [2.05, 4.69) is 27.0 Å². The second-order valence-electron chi connectivity index (χ2n) is 10.3. The van der Waals surface area contributed by atoms with Crippen LogP contribution < -0.4 is 5.32 Å². The monoisotopic (exact) mass is 543 g/mol. The Morgan fingerprint density at radius 1 is 1.24 bits per heavy atom. The predicted octanol–water partition coefficient (Wildman–Crippen LogP) is 4.82. The minimum atomic E-state index is -3.62. The molecule has 9 nitrogen and oxygen atoms in total. The zero-order valence-corrected chi connectivity index (χ0v) is 23.2. The highest BCUT2D eigenvalue weighted by molar-refractivity contribution is 7.99. The fourth-order valence-electron chi connectivity index (χ4n) is 5.87. The van der Waals surface area contributed by atoms with Crippen LogP contribution in [0.3, 0.4) is 0 Å². The van der Waals surface area contributed by atoms with E-state index < -0.39 is 10.0 Å². The Morgan fingerprint density at radius 2 is 2.05 bits per heavy atom. The van der Waals surface area contributed by atoms with Crippen molar-refractivity contribution in [3.05, 3.63) is 42.2 Å². The number of carbonyl (C=O) groups is 1. The van der Waals surface area contributed by atoms with Crippen molar-refractivity contribution in [2.24, 2.45) is 17.8 Å². The molecule has 1 N–H and O–H groups in total. The van der Waals surface area contributed by atoms with Gasteiger partial charge < -0.3 is 9.73 Å². The molecule has 11 heteroatoms. The summed E-state index contributed by atoms with van der Waals surface area (Å²) in [6.07, 6.45) is 6.77. The summed E-state index contributed by atoms with van der Waals surface area (Å²) < 4.78 is 34.2. The number of nitrogens with one attached hydrogen (secondary N) is 1. The zero-order valence-electron chi connectivity index (χ0n) is 21.5. The molecule has 1 aromatic carbocycles. The summed E-state index contributed by atoms with van der Waals surface area (Å²) in [7, 11) is -0.646. The average molecular weight is 544 g/mol. The number of nitrogens with zero attached hydrogens (tertiary/aromatic N) is 4. The maximum atomic E-state index is 12.9. The van der Waals surface area contributed by atoms with Crippen LogP contribution in [-0.2, 0) is 14.8 Å². The first kappa shape index (κ1) is 26.0. The maximum Gasteiger partial charge on any atom is 0.242 e. The summed E-state index contributed by atoms with van der Waals surface area (Å²) in [5.41, 5.74) is 1.05. The molecule has 2 bridgehead atoms. The molecule has 4 atom stereocenters. The molecule has 0 aliphatic heterocycles. The van der Waals surface area contributed by atoms with Gasteiger partial charge in [0.25, 0.3) is 0 Å². The van der Waals surface area contributed by atoms with Gasteiger partial charge in [0.1, 0.15) is 0 Å². The number of hydrogen-bond acceptors (Lipinski definition) is 7. The minimum Gasteiger partial charge on any atom is -0.461 e. The summed E-state index contributed by atoms with van der Waals surface area (Å²) in [5.74, 6) is 3.31. The average Bonchev–Trinajstić information content (AvgIpc) is 3.67. The summed E-state index contributed by atoms with van der Waals surface area (Å²) in [5, 5.41) is 12.4. The number of sulfonamides is 1. The van der Waals surface area contributed by atoms with Crippen LogP contribution in [-0.4, -0.2) is 53.2 Å². The molecule has 1 amide bonds. The third kappa shape index (κ3) is 5.08. The van der Waals surface area contributed by atoms with Gasteiger partial charge in [-0.05, 0) is 80.7 Å². The number of aromatic nitrogens is 3. The lowest BCUT2D eigenvalue weighted by molar-refractivity contribution is -0.113. The molecule has 2 aliphatic carbocycles. The molecule has 3 aromatic rings. The Labute approximate surface area is 222 Å². The van der Waals surface area contributed by atoms with Crippen molar-refractivity contribution < 1.29 is 17.6 Å². The quantitative estimate of drug-likeness (QED) is 0.385. The van der Waals surface area contributed by atoms with Gasteiger partial charge in [0.05, 0.1) is 16.9 Å². The van der Waals surface area contributed by atoms with Gasteiger partial charge in [-0.2, -0.15) is 0 Å². The van der Waals surface area contributed by atoms with Crippen LogP contribution >= 0.6 is 11.8 Å². The molecular weight excluding hydrogens is 510 g/mol. The fourth-order valence-corrected chi connectivity index (χ4v) is 7.84. The highest BCUT2D eigenvalue weighted by atomic mass is 32.2. The van der Waals surface area contributed by atoms with Gasteiger partial charge in [0.15, 0.2) is 10.9 Å². The lowest BCUT2D eigenvalue weighted by Gasteiger charge is -2.30. The van der Waals surface area contributed by atoms with E-state index in [1.165, 1.54) is 57.6 Å². The van der Waals surface area contributed by atoms with E-state index in [1.807, 2.05) is 12.1 Å². The second-order valence-corrected chi connectivity index (χ2v) is 13.4. The fraction of sp³-hybridized carbons (Fsp3) is 0.500. The summed E-state index contributed by atoms with van der Waals surface area (Å²) in [6.45, 7) is 3.96. The van der Waals surface area contributed by atoms with E-state index in [0.717, 1.165) is 16.1 Å². The first-order chi connectivity index (χ1) is 17.6. The maximum absolute atomic E-state index is 12.9. The lowest BCUT2D eigenvalue weighted by Crippen LogP contribution is -2.24. The Hall–Kier alpha value is -2.63. The number of amides is 1. The predicted molar refractivity (Wildman–Crippen MR) is 143 cm³/mol. The van der Waals surface area contributed by atoms with Crippen LogP contribution in [0.2, 0.25) is 0 Å². The highest BCUT2D eigenvalue weighted by Crippen LogP contribution is 2.53. The van der Waals surface area contributed by atoms with E-state index in [9.17, 15) is 13.2 Å². The summed E-state index contributed by atoms with van der Waals surface area (Å²) in [6, 6.07) is 8.81. The smallest absolute Gasteiger partial charge is 0.242 e. The van der Waals surface area contributed by atoms with Gasteiger partial charge >= 0.3 is 0 Å². The van der Waals surface area contributed by atoms with Gasteiger partial charge in [-0.3, -0.25) is 9.36 Å². The van der Waals surface area contributed by atoms with E-state index in [1.54, 1.807) is 25.3 Å². The van der Waals surface area contributed by atoms with Crippen molar-refractivity contribution in [2.45, 2.75) is 55.6 Å². The molecular formula is C26H33N5O4S2. The first-order valence-corrected chi connectivity index (χ1v) is 15.0. The van der Waals surface area contributed by atoms with Crippen LogP contribution in [0.25, 0.3) is 11.6 Å². The molecule has 0 radical (unpaired) electrons. The van der Waals surface area contributed by atoms with Crippen LogP contribution in [0.5, 0.6) is 0 Å². The van der Waals surface area contributed by atoms with Crippen molar-refractivity contribution in [1.29, 1.82) is 0 Å². The first-order valence-electron chi connectivity index (χ1n) is 12.6. The van der Waals surface area contributed by atoms with Crippen LogP contribution in [0, 0.1) is 24.7 Å². The van der Waals surface area contributed by atoms with Crippen LogP contribution in [0.1, 0.15) is 44.2 Å². The Morgan fingerprint density at radius 3 is 2.70 bits per heavy atom. The van der Waals surface area contributed by atoms with E-state index in [-0.39, 0.29) is 22.6 Å². The van der Waals surface area contributed by atoms with Crippen molar-refractivity contribution in [3.63, 3.8) is 0 Å². The van der Waals surface area contributed by atoms with Gasteiger partial charge in [0.2, 0.25) is 21.8 Å². The third-order valence-corrected chi connectivity index (χ3v) is 10.7. The number of anilines is 1. The van der Waals surface area contributed by atoms with Gasteiger partial charge in [-0.25, -0.2) is 12.7 Å². The molecule has 0 saturated heterocycles. The summed E-state index contributed by atoms with van der Waals surface area (Å²) >= 11 is 1.33. The second kappa shape index (κ2) is 10.3. The topological polar surface area (TPSA) is 110 Å². The Balaban J connectivity index is 1.33. The Bertz CT molecular complexity index is 1380. The highest BCUT2D eigenvalue weighted by Gasteiger charge is 2.43. The third-order valence-electron chi connectivity index (χ3n) is 7.79. The number of thioether (sulfide) groups is 1. The van der Waals surface area contributed by atoms with Crippen molar-refractivity contribution in [3.8, 4) is 11.6 Å². The molecule has 37 heavy (non-hydrogen) atoms. The number of fused-ring (bicyclic) bond motifs is 2. The molecule has 2 fully saturated rings. The molecule has 2 aromatic heterocycles. The number of carbonyl (C=O) groups excluding carboxylic acids is 1. The normalized spacial score (nSPS) is 22.0. The SMILES string of the molecule is Cc1ccc(NC(=O)CSc2nnc(-c3ccco3)n2C(C)C2CC3CCC2C3)cc1S(=O)(=O)N(C)C. The van der Waals surface area contributed by atoms with Crippen LogP contribution in [0.4, 0.5) is 5.69 Å². The van der Waals surface area contributed by atoms with Crippen molar-refractivity contribution >= 4 is 33.4 Å². The van der Waals surface area contributed by atoms with Crippen LogP contribution in [0.15, 0.2) is 51.1 Å².